The number of para-hydroxylation sites is 2. The minimum atomic E-state index is -3.54. The number of fused-ring (bicyclic) bond motifs is 2. The first kappa shape index (κ1) is 19.8. The van der Waals surface area contributed by atoms with Gasteiger partial charge in [0.2, 0.25) is 0 Å². The van der Waals surface area contributed by atoms with Gasteiger partial charge in [-0.05, 0) is 49.9 Å². The highest BCUT2D eigenvalue weighted by molar-refractivity contribution is 8.23. The molecule has 160 valence electrons. The van der Waals surface area contributed by atoms with Crippen molar-refractivity contribution in [2.24, 2.45) is 9.50 Å². The number of anilines is 1. The Balaban J connectivity index is 1.75. The van der Waals surface area contributed by atoms with E-state index in [0.717, 1.165) is 37.8 Å². The standard InChI is InChI=1S/C22H22N4O4S/c27-20-15-10-4-6-12-17(15)26(24-14-8-2-1-3-9-14)22(28)19(20)21-23-16-11-5-7-13-18(16)31(29,30)25-21/h4-7,10-13,27,29-30H,1-3,8-9H2,(H,23,25). The predicted molar refractivity (Wildman–Crippen MR) is 124 cm³/mol. The fourth-order valence-electron chi connectivity index (χ4n) is 4.07. The van der Waals surface area contributed by atoms with E-state index in [1.807, 2.05) is 0 Å². The third kappa shape index (κ3) is 3.40. The largest absolute Gasteiger partial charge is 0.506 e. The Morgan fingerprint density at radius 3 is 2.52 bits per heavy atom. The van der Waals surface area contributed by atoms with Crippen LogP contribution in [0.2, 0.25) is 0 Å². The molecule has 31 heavy (non-hydrogen) atoms. The molecule has 1 aliphatic heterocycles. The van der Waals surface area contributed by atoms with Gasteiger partial charge in [0.25, 0.3) is 5.56 Å². The van der Waals surface area contributed by atoms with Crippen LogP contribution in [0.3, 0.4) is 0 Å². The zero-order valence-electron chi connectivity index (χ0n) is 16.7. The van der Waals surface area contributed by atoms with Gasteiger partial charge in [0.15, 0.2) is 5.84 Å². The summed E-state index contributed by atoms with van der Waals surface area (Å²) in [6.07, 6.45) is 4.85. The molecule has 2 heterocycles. The van der Waals surface area contributed by atoms with Gasteiger partial charge in [-0.1, -0.05) is 41.5 Å². The van der Waals surface area contributed by atoms with Crippen LogP contribution in [0.15, 0.2) is 67.7 Å². The van der Waals surface area contributed by atoms with Gasteiger partial charge in [0.05, 0.1) is 11.2 Å². The van der Waals surface area contributed by atoms with Crippen LogP contribution < -0.4 is 10.9 Å². The second-order valence-electron chi connectivity index (χ2n) is 7.66. The lowest BCUT2D eigenvalue weighted by Gasteiger charge is -2.34. The number of aromatic hydroxyl groups is 1. The van der Waals surface area contributed by atoms with E-state index < -0.39 is 16.3 Å². The number of pyridine rings is 1. The third-order valence-electron chi connectivity index (χ3n) is 5.59. The lowest BCUT2D eigenvalue weighted by atomic mass is 9.99. The smallest absolute Gasteiger partial charge is 0.286 e. The van der Waals surface area contributed by atoms with Crippen LogP contribution >= 0.6 is 10.8 Å². The molecular formula is C22H22N4O4S. The number of nitrogens with one attached hydrogen (secondary N) is 1. The normalized spacial score (nSPS) is 18.6. The lowest BCUT2D eigenvalue weighted by Crippen LogP contribution is -2.31. The maximum absolute atomic E-state index is 13.5. The van der Waals surface area contributed by atoms with E-state index in [1.54, 1.807) is 48.5 Å². The Kier molecular flexibility index (Phi) is 4.81. The first-order valence-corrected chi connectivity index (χ1v) is 11.6. The maximum atomic E-state index is 13.5. The summed E-state index contributed by atoms with van der Waals surface area (Å²) in [5, 5.41) is 19.0. The Hall–Kier alpha value is -3.14. The average Bonchev–Trinajstić information content (AvgIpc) is 2.77. The molecule has 4 N–H and O–H groups in total. The van der Waals surface area contributed by atoms with Crippen LogP contribution in [-0.2, 0) is 0 Å². The van der Waals surface area contributed by atoms with Crippen LogP contribution in [0.4, 0.5) is 5.69 Å². The second-order valence-corrected chi connectivity index (χ2v) is 9.32. The molecule has 3 aromatic rings. The Labute approximate surface area is 180 Å². The van der Waals surface area contributed by atoms with Crippen molar-refractivity contribution in [3.63, 3.8) is 0 Å². The maximum Gasteiger partial charge on any atom is 0.286 e. The zero-order chi connectivity index (χ0) is 21.6. The summed E-state index contributed by atoms with van der Waals surface area (Å²) < 4.78 is 26.5. The van der Waals surface area contributed by atoms with Gasteiger partial charge in [-0.15, -0.1) is 4.40 Å². The minimum Gasteiger partial charge on any atom is -0.506 e. The number of aromatic nitrogens is 1. The summed E-state index contributed by atoms with van der Waals surface area (Å²) in [7, 11) is -3.54. The molecule has 9 heteroatoms. The van der Waals surface area contributed by atoms with E-state index in [2.05, 4.69) is 14.8 Å². The average molecular weight is 439 g/mol. The summed E-state index contributed by atoms with van der Waals surface area (Å²) >= 11 is 0. The van der Waals surface area contributed by atoms with Gasteiger partial charge in [-0.2, -0.15) is 9.78 Å². The molecule has 0 spiro atoms. The lowest BCUT2D eigenvalue weighted by molar-refractivity contribution is 0.477. The number of hydrogen-bond donors (Lipinski definition) is 4. The third-order valence-corrected chi connectivity index (χ3v) is 6.98. The van der Waals surface area contributed by atoms with Crippen LogP contribution in [0.5, 0.6) is 5.75 Å². The first-order chi connectivity index (χ1) is 15.0. The van der Waals surface area contributed by atoms with Gasteiger partial charge in [0, 0.05) is 11.1 Å². The summed E-state index contributed by atoms with van der Waals surface area (Å²) in [4.78, 5) is 13.8. The van der Waals surface area contributed by atoms with Gasteiger partial charge in [-0.3, -0.25) is 13.9 Å². The Morgan fingerprint density at radius 1 is 1.00 bits per heavy atom. The molecule has 0 saturated heterocycles. The fraction of sp³-hybridized carbons (Fsp3) is 0.227. The van der Waals surface area contributed by atoms with E-state index in [-0.39, 0.29) is 22.0 Å². The van der Waals surface area contributed by atoms with Gasteiger partial charge in [-0.25, -0.2) is 0 Å². The topological polar surface area (TPSA) is 119 Å². The highest BCUT2D eigenvalue weighted by Gasteiger charge is 2.30. The SMILES string of the molecule is O=c1c(C2=NS(O)(O)c3ccccc3N2)c(O)c2ccccc2n1N=C1CCCCC1. The molecule has 0 atom stereocenters. The molecule has 1 aromatic heterocycles. The first-order valence-electron chi connectivity index (χ1n) is 10.1. The van der Waals surface area contributed by atoms with Crippen molar-refractivity contribution in [1.82, 2.24) is 4.68 Å². The molecule has 2 aromatic carbocycles. The molecule has 1 fully saturated rings. The van der Waals surface area contributed by atoms with Gasteiger partial charge < -0.3 is 10.4 Å². The van der Waals surface area contributed by atoms with Crippen molar-refractivity contribution >= 4 is 38.9 Å². The van der Waals surface area contributed by atoms with E-state index in [1.165, 1.54) is 4.68 Å². The molecule has 1 aliphatic carbocycles. The Bertz CT molecular complexity index is 1300. The number of hydrogen-bond acceptors (Lipinski definition) is 7. The van der Waals surface area contributed by atoms with Crippen LogP contribution in [0.25, 0.3) is 10.9 Å². The highest BCUT2D eigenvalue weighted by atomic mass is 32.3. The van der Waals surface area contributed by atoms with E-state index in [4.69, 9.17) is 0 Å². The molecule has 5 rings (SSSR count). The second kappa shape index (κ2) is 7.52. The number of rotatable bonds is 2. The van der Waals surface area contributed by atoms with Gasteiger partial charge in [0.1, 0.15) is 16.2 Å². The van der Waals surface area contributed by atoms with Crippen LogP contribution in [-0.4, -0.2) is 30.4 Å². The summed E-state index contributed by atoms with van der Waals surface area (Å²) in [6, 6.07) is 13.6. The van der Waals surface area contributed by atoms with E-state index in [0.29, 0.717) is 16.6 Å². The number of amidine groups is 1. The monoisotopic (exact) mass is 438 g/mol. The van der Waals surface area contributed by atoms with Crippen molar-refractivity contribution in [1.29, 1.82) is 0 Å². The number of nitrogens with zero attached hydrogens (tertiary/aromatic N) is 3. The summed E-state index contributed by atoms with van der Waals surface area (Å²) in [5.74, 6) is -0.369. The van der Waals surface area contributed by atoms with Gasteiger partial charge >= 0.3 is 0 Å². The summed E-state index contributed by atoms with van der Waals surface area (Å²) in [5.41, 5.74) is 1.12. The molecule has 0 radical (unpaired) electrons. The molecule has 2 aliphatic rings. The molecule has 8 nitrogen and oxygen atoms in total. The van der Waals surface area contributed by atoms with E-state index in [9.17, 15) is 19.0 Å². The summed E-state index contributed by atoms with van der Waals surface area (Å²) in [6.45, 7) is 0. The fourth-order valence-corrected chi connectivity index (χ4v) is 5.23. The minimum absolute atomic E-state index is 0.0930. The Morgan fingerprint density at radius 2 is 1.71 bits per heavy atom. The quantitative estimate of drug-likeness (QED) is 0.459. The molecule has 0 unspecified atom stereocenters. The van der Waals surface area contributed by atoms with Crippen molar-refractivity contribution < 1.29 is 14.2 Å². The van der Waals surface area contributed by atoms with Crippen LogP contribution in [0.1, 0.15) is 37.7 Å². The molecule has 1 saturated carbocycles. The highest BCUT2D eigenvalue weighted by Crippen LogP contribution is 2.55. The van der Waals surface area contributed by atoms with Crippen LogP contribution in [0, 0.1) is 0 Å². The van der Waals surface area contributed by atoms with Crippen molar-refractivity contribution in [2.75, 3.05) is 5.32 Å². The molecular weight excluding hydrogens is 416 g/mol. The van der Waals surface area contributed by atoms with Crippen molar-refractivity contribution in [3.05, 3.63) is 64.4 Å². The molecule has 0 bridgehead atoms. The number of benzene rings is 2. The van der Waals surface area contributed by atoms with Crippen molar-refractivity contribution in [3.8, 4) is 5.75 Å². The molecule has 0 amide bonds. The predicted octanol–water partition coefficient (Wildman–Crippen LogP) is 4.77. The zero-order valence-corrected chi connectivity index (χ0v) is 17.5. The van der Waals surface area contributed by atoms with E-state index >= 15 is 0 Å². The van der Waals surface area contributed by atoms with Crippen molar-refractivity contribution in [2.45, 2.75) is 37.0 Å².